The Balaban J connectivity index is 2.46. The second-order valence-electron chi connectivity index (χ2n) is 4.16. The Morgan fingerprint density at radius 2 is 1.68 bits per heavy atom. The molecule has 0 radical (unpaired) electrons. The smallest absolute Gasteiger partial charge is 0.141 e. The van der Waals surface area contributed by atoms with E-state index in [1.165, 1.54) is 24.3 Å². The largest absolute Gasteiger partial charge is 0.207 e. The molecule has 1 unspecified atom stereocenters. The first kappa shape index (κ1) is 14.4. The minimum Gasteiger partial charge on any atom is -0.207 e. The molecule has 0 aliphatic rings. The molecule has 19 heavy (non-hydrogen) atoms. The molecule has 0 aliphatic heterocycles. The van der Waals surface area contributed by atoms with Gasteiger partial charge in [-0.2, -0.15) is 0 Å². The van der Waals surface area contributed by atoms with Crippen molar-refractivity contribution in [2.45, 2.75) is 11.8 Å². The predicted molar refractivity (Wildman–Crippen MR) is 73.3 cm³/mol. The highest BCUT2D eigenvalue weighted by molar-refractivity contribution is 9.09. The van der Waals surface area contributed by atoms with Gasteiger partial charge in [0.1, 0.15) is 17.5 Å². The second-order valence-corrected chi connectivity index (χ2v) is 5.48. The Labute approximate surface area is 122 Å². The quantitative estimate of drug-likeness (QED) is 0.624. The zero-order chi connectivity index (χ0) is 14.2. The van der Waals surface area contributed by atoms with Crippen LogP contribution in [-0.2, 0) is 0 Å². The van der Waals surface area contributed by atoms with Crippen molar-refractivity contribution in [3.8, 4) is 0 Å². The molecule has 0 heterocycles. The van der Waals surface area contributed by atoms with E-state index in [0.29, 0.717) is 11.1 Å². The van der Waals surface area contributed by atoms with Crippen LogP contribution in [0.4, 0.5) is 13.2 Å². The van der Waals surface area contributed by atoms with E-state index in [1.807, 2.05) is 0 Å². The second kappa shape index (κ2) is 5.55. The fourth-order valence-electron chi connectivity index (χ4n) is 1.72. The summed E-state index contributed by atoms with van der Waals surface area (Å²) in [6.45, 7) is 1.55. The van der Waals surface area contributed by atoms with E-state index < -0.39 is 22.3 Å². The lowest BCUT2D eigenvalue weighted by Gasteiger charge is -2.13. The van der Waals surface area contributed by atoms with E-state index in [9.17, 15) is 13.2 Å². The molecular weight excluding hydrogens is 341 g/mol. The average molecular weight is 350 g/mol. The van der Waals surface area contributed by atoms with Crippen molar-refractivity contribution in [2.75, 3.05) is 0 Å². The van der Waals surface area contributed by atoms with Gasteiger partial charge < -0.3 is 0 Å². The first-order valence-electron chi connectivity index (χ1n) is 5.44. The van der Waals surface area contributed by atoms with Crippen LogP contribution in [0, 0.1) is 24.4 Å². The third-order valence-corrected chi connectivity index (χ3v) is 4.10. The monoisotopic (exact) mass is 348 g/mol. The summed E-state index contributed by atoms with van der Waals surface area (Å²) >= 11 is 9.01. The molecule has 100 valence electrons. The Hall–Kier alpha value is -1.00. The summed E-state index contributed by atoms with van der Waals surface area (Å²) in [5.41, 5.74) is 1.21. The van der Waals surface area contributed by atoms with E-state index in [-0.39, 0.29) is 10.6 Å². The fourth-order valence-corrected chi connectivity index (χ4v) is 2.55. The third-order valence-electron chi connectivity index (χ3n) is 2.79. The SMILES string of the molecule is Cc1cc(C(Br)c2ccc(F)c(Cl)c2)c(F)cc1F. The molecule has 0 N–H and O–H groups in total. The molecule has 2 aromatic rings. The van der Waals surface area contributed by atoms with Crippen molar-refractivity contribution in [3.05, 3.63) is 69.5 Å². The van der Waals surface area contributed by atoms with Crippen LogP contribution >= 0.6 is 27.5 Å². The summed E-state index contributed by atoms with van der Waals surface area (Å²) in [6, 6.07) is 6.37. The van der Waals surface area contributed by atoms with Crippen LogP contribution in [0.25, 0.3) is 0 Å². The molecule has 0 amide bonds. The lowest BCUT2D eigenvalue weighted by atomic mass is 10.0. The van der Waals surface area contributed by atoms with Gasteiger partial charge in [-0.15, -0.1) is 0 Å². The standard InChI is InChI=1S/C14H9BrClF3/c1-7-4-9(13(19)6-12(7)18)14(15)8-2-3-11(17)10(16)5-8/h2-6,14H,1H3. The van der Waals surface area contributed by atoms with Crippen molar-refractivity contribution < 1.29 is 13.2 Å². The van der Waals surface area contributed by atoms with Crippen molar-refractivity contribution in [3.63, 3.8) is 0 Å². The van der Waals surface area contributed by atoms with Crippen molar-refractivity contribution in [1.82, 2.24) is 0 Å². The third kappa shape index (κ3) is 2.95. The van der Waals surface area contributed by atoms with E-state index >= 15 is 0 Å². The highest BCUT2D eigenvalue weighted by Crippen LogP contribution is 2.35. The molecule has 0 fully saturated rings. The van der Waals surface area contributed by atoms with Gasteiger partial charge in [0, 0.05) is 11.6 Å². The minimum absolute atomic E-state index is 0.0406. The van der Waals surface area contributed by atoms with Gasteiger partial charge in [0.2, 0.25) is 0 Å². The van der Waals surface area contributed by atoms with Crippen LogP contribution in [0.3, 0.4) is 0 Å². The number of benzene rings is 2. The van der Waals surface area contributed by atoms with Gasteiger partial charge in [-0.05, 0) is 36.2 Å². The molecule has 2 rings (SSSR count). The summed E-state index contributed by atoms with van der Waals surface area (Å²) in [5.74, 6) is -1.80. The van der Waals surface area contributed by atoms with Gasteiger partial charge in [0.05, 0.1) is 9.85 Å². The molecule has 0 saturated heterocycles. The molecule has 0 spiro atoms. The fraction of sp³-hybridized carbons (Fsp3) is 0.143. The first-order chi connectivity index (χ1) is 8.90. The van der Waals surface area contributed by atoms with Gasteiger partial charge in [0.15, 0.2) is 0 Å². The van der Waals surface area contributed by atoms with Crippen LogP contribution in [0.15, 0.2) is 30.3 Å². The van der Waals surface area contributed by atoms with Crippen molar-refractivity contribution in [1.29, 1.82) is 0 Å². The first-order valence-corrected chi connectivity index (χ1v) is 6.74. The van der Waals surface area contributed by atoms with Crippen molar-refractivity contribution in [2.24, 2.45) is 0 Å². The molecule has 0 saturated carbocycles. The van der Waals surface area contributed by atoms with Crippen LogP contribution in [-0.4, -0.2) is 0 Å². The van der Waals surface area contributed by atoms with E-state index in [2.05, 4.69) is 15.9 Å². The molecule has 0 bridgehead atoms. The Morgan fingerprint density at radius 3 is 2.32 bits per heavy atom. The predicted octanol–water partition coefficient (Wildman–Crippen LogP) is 5.55. The minimum atomic E-state index is -0.662. The number of hydrogen-bond donors (Lipinski definition) is 0. The van der Waals surface area contributed by atoms with E-state index in [1.54, 1.807) is 6.92 Å². The maximum Gasteiger partial charge on any atom is 0.141 e. The summed E-state index contributed by atoms with van der Waals surface area (Å²) in [5, 5.41) is -0.0406. The zero-order valence-electron chi connectivity index (χ0n) is 9.85. The molecule has 0 aromatic heterocycles. The van der Waals surface area contributed by atoms with Gasteiger partial charge in [-0.1, -0.05) is 33.6 Å². The summed E-state index contributed by atoms with van der Waals surface area (Å²) in [4.78, 5) is -0.523. The lowest BCUT2D eigenvalue weighted by Crippen LogP contribution is -1.99. The lowest BCUT2D eigenvalue weighted by molar-refractivity contribution is 0.569. The normalized spacial score (nSPS) is 12.5. The average Bonchev–Trinajstić information content (AvgIpc) is 2.36. The molecule has 1 atom stereocenters. The highest BCUT2D eigenvalue weighted by atomic mass is 79.9. The Kier molecular flexibility index (Phi) is 4.21. The molecule has 0 aliphatic carbocycles. The van der Waals surface area contributed by atoms with Gasteiger partial charge in [-0.25, -0.2) is 13.2 Å². The Bertz CT molecular complexity index is 628. The van der Waals surface area contributed by atoms with Crippen LogP contribution in [0.2, 0.25) is 5.02 Å². The molecule has 2 aromatic carbocycles. The Morgan fingerprint density at radius 1 is 1.00 bits per heavy atom. The number of alkyl halides is 1. The zero-order valence-corrected chi connectivity index (χ0v) is 12.2. The number of aryl methyl sites for hydroxylation is 1. The number of rotatable bonds is 2. The summed E-state index contributed by atoms with van der Waals surface area (Å²) < 4.78 is 40.1. The van der Waals surface area contributed by atoms with Crippen LogP contribution < -0.4 is 0 Å². The summed E-state index contributed by atoms with van der Waals surface area (Å²) in [6.07, 6.45) is 0. The van der Waals surface area contributed by atoms with Gasteiger partial charge in [0.25, 0.3) is 0 Å². The van der Waals surface area contributed by atoms with Gasteiger partial charge >= 0.3 is 0 Å². The number of hydrogen-bond acceptors (Lipinski definition) is 0. The topological polar surface area (TPSA) is 0 Å². The molecule has 5 heteroatoms. The van der Waals surface area contributed by atoms with Crippen LogP contribution in [0.5, 0.6) is 0 Å². The van der Waals surface area contributed by atoms with Gasteiger partial charge in [-0.3, -0.25) is 0 Å². The van der Waals surface area contributed by atoms with Crippen LogP contribution in [0.1, 0.15) is 21.5 Å². The van der Waals surface area contributed by atoms with Crippen molar-refractivity contribution >= 4 is 27.5 Å². The summed E-state index contributed by atoms with van der Waals surface area (Å²) in [7, 11) is 0. The van der Waals surface area contributed by atoms with E-state index in [4.69, 9.17) is 11.6 Å². The molecule has 0 nitrogen and oxygen atoms in total. The number of halogens is 5. The highest BCUT2D eigenvalue weighted by Gasteiger charge is 2.18. The maximum atomic E-state index is 13.8. The maximum absolute atomic E-state index is 13.8. The van der Waals surface area contributed by atoms with E-state index in [0.717, 1.165) is 6.07 Å². The molecular formula is C14H9BrClF3.